The number of hydrogen-bond donors (Lipinski definition) is 3. The Kier molecular flexibility index (Phi) is 63.4. The molecule has 2 atom stereocenters. The van der Waals surface area contributed by atoms with Crippen molar-refractivity contribution >= 4 is 11.9 Å². The highest BCUT2D eigenvalue weighted by Gasteiger charge is 2.20. The molecule has 0 aliphatic rings. The number of amides is 1. The van der Waals surface area contributed by atoms with Crippen LogP contribution in [-0.2, 0) is 14.3 Å². The van der Waals surface area contributed by atoms with Gasteiger partial charge in [-0.2, -0.15) is 0 Å². The first-order valence-electron chi connectivity index (χ1n) is 34.1. The summed E-state index contributed by atoms with van der Waals surface area (Å²) in [6.07, 6.45) is 80.6. The van der Waals surface area contributed by atoms with Gasteiger partial charge in [0, 0.05) is 12.8 Å². The number of carbonyl (C=O) groups excluding carboxylic acids is 2. The third kappa shape index (κ3) is 61.4. The van der Waals surface area contributed by atoms with Crippen LogP contribution in [0, 0.1) is 0 Å². The Balaban J connectivity index is 3.41. The summed E-state index contributed by atoms with van der Waals surface area (Å²) in [5.41, 5.74) is 0. The summed E-state index contributed by atoms with van der Waals surface area (Å²) in [5, 5.41) is 23.4. The van der Waals surface area contributed by atoms with E-state index in [-0.39, 0.29) is 18.5 Å². The van der Waals surface area contributed by atoms with E-state index < -0.39 is 12.1 Å². The van der Waals surface area contributed by atoms with Crippen molar-refractivity contribution in [1.29, 1.82) is 0 Å². The second-order valence-electron chi connectivity index (χ2n) is 23.5. The van der Waals surface area contributed by atoms with Crippen LogP contribution in [0.25, 0.3) is 0 Å². The molecular weight excluding hydrogens is 923 g/mol. The summed E-state index contributed by atoms with van der Waals surface area (Å²) in [6, 6.07) is -0.549. The van der Waals surface area contributed by atoms with Gasteiger partial charge in [-0.25, -0.2) is 0 Å². The number of esters is 1. The second-order valence-corrected chi connectivity index (χ2v) is 23.5. The largest absolute Gasteiger partial charge is 0.466 e. The smallest absolute Gasteiger partial charge is 0.305 e. The predicted octanol–water partition coefficient (Wildman–Crippen LogP) is 21.8. The van der Waals surface area contributed by atoms with Gasteiger partial charge in [0.15, 0.2) is 0 Å². The predicted molar refractivity (Wildman–Crippen MR) is 329 cm³/mol. The molecule has 3 N–H and O–H groups in total. The number of unbranched alkanes of at least 4 members (excludes halogenated alkanes) is 49. The lowest BCUT2D eigenvalue weighted by atomic mass is 10.0. The molecule has 1 amide bonds. The highest BCUT2D eigenvalue weighted by Crippen LogP contribution is 2.19. The van der Waals surface area contributed by atoms with Gasteiger partial charge in [-0.15, -0.1) is 0 Å². The summed E-state index contributed by atoms with van der Waals surface area (Å²) in [6.45, 7) is 4.95. The van der Waals surface area contributed by atoms with Crippen molar-refractivity contribution in [2.75, 3.05) is 13.2 Å². The van der Waals surface area contributed by atoms with E-state index in [1.165, 1.54) is 295 Å². The van der Waals surface area contributed by atoms with Crippen LogP contribution in [0.1, 0.15) is 380 Å². The molecule has 0 radical (unpaired) electrons. The molecule has 0 aromatic carbocycles. The Hall–Kier alpha value is -1.66. The van der Waals surface area contributed by atoms with Crippen LogP contribution in [0.4, 0.5) is 0 Å². The van der Waals surface area contributed by atoms with E-state index in [1.807, 2.05) is 0 Å². The molecule has 0 aromatic rings. The highest BCUT2D eigenvalue weighted by atomic mass is 16.5. The normalized spacial score (nSPS) is 12.6. The van der Waals surface area contributed by atoms with Crippen LogP contribution >= 0.6 is 0 Å². The molecule has 0 aliphatic carbocycles. The SMILES string of the molecule is CCCCC/C=C\C/C=C\CCCCCCCCCC(=O)OCCCCCCCCCCCCCCCCCCC(=O)NC(CO)C(O)CCCCCCCCCCCCCCCCCCCCCCCCCCC. The molecule has 0 aromatic heterocycles. The van der Waals surface area contributed by atoms with Crippen molar-refractivity contribution < 1.29 is 24.5 Å². The Morgan fingerprint density at radius 2 is 0.667 bits per heavy atom. The third-order valence-electron chi connectivity index (χ3n) is 16.0. The monoisotopic (exact) mass is 1060 g/mol. The van der Waals surface area contributed by atoms with Crippen molar-refractivity contribution in [3.05, 3.63) is 24.3 Å². The van der Waals surface area contributed by atoms with Crippen LogP contribution < -0.4 is 5.32 Å². The minimum absolute atomic E-state index is 0.00331. The number of aliphatic hydroxyl groups excluding tert-OH is 2. The van der Waals surface area contributed by atoms with E-state index in [0.717, 1.165) is 51.4 Å². The van der Waals surface area contributed by atoms with E-state index >= 15 is 0 Å². The van der Waals surface area contributed by atoms with Gasteiger partial charge in [0.25, 0.3) is 0 Å². The molecule has 0 rings (SSSR count). The van der Waals surface area contributed by atoms with Gasteiger partial charge in [0.2, 0.25) is 5.91 Å². The Labute approximate surface area is 469 Å². The van der Waals surface area contributed by atoms with Gasteiger partial charge >= 0.3 is 5.97 Å². The van der Waals surface area contributed by atoms with Crippen LogP contribution in [0.15, 0.2) is 24.3 Å². The van der Waals surface area contributed by atoms with Crippen molar-refractivity contribution in [3.63, 3.8) is 0 Å². The summed E-state index contributed by atoms with van der Waals surface area (Å²) in [5.74, 6) is -0.0408. The molecular formula is C69H133NO5. The Morgan fingerprint density at radius 1 is 0.373 bits per heavy atom. The molecule has 0 fully saturated rings. The molecule has 75 heavy (non-hydrogen) atoms. The standard InChI is InChI=1S/C69H133NO5/c1-3-5-7-9-11-13-15-17-19-21-22-23-24-25-26-27-28-30-33-37-41-45-49-53-57-61-67(72)66(65-71)70-68(73)62-58-54-50-46-42-38-34-31-32-36-40-44-48-52-56-60-64-75-69(74)63-59-55-51-47-43-39-35-29-20-18-16-14-12-10-8-6-4-2/h12,14,18,20,66-67,71-72H,3-11,13,15-17,19,21-65H2,1-2H3,(H,70,73)/b14-12-,20-18-. The zero-order valence-electron chi connectivity index (χ0n) is 50.8. The second kappa shape index (κ2) is 64.9. The number of rotatable bonds is 64. The van der Waals surface area contributed by atoms with Gasteiger partial charge in [0.1, 0.15) is 0 Å². The summed E-state index contributed by atoms with van der Waals surface area (Å²) in [4.78, 5) is 24.6. The fourth-order valence-electron chi connectivity index (χ4n) is 10.8. The molecule has 0 bridgehead atoms. The van der Waals surface area contributed by atoms with Crippen LogP contribution in [0.2, 0.25) is 0 Å². The molecule has 0 saturated heterocycles. The maximum Gasteiger partial charge on any atom is 0.305 e. The summed E-state index contributed by atoms with van der Waals surface area (Å²) in [7, 11) is 0. The number of allylic oxidation sites excluding steroid dienone is 4. The van der Waals surface area contributed by atoms with E-state index in [0.29, 0.717) is 25.9 Å². The number of carbonyl (C=O) groups is 2. The summed E-state index contributed by atoms with van der Waals surface area (Å²) >= 11 is 0. The lowest BCUT2D eigenvalue weighted by Crippen LogP contribution is -2.45. The van der Waals surface area contributed by atoms with Crippen molar-refractivity contribution in [2.24, 2.45) is 0 Å². The molecule has 444 valence electrons. The van der Waals surface area contributed by atoms with Crippen molar-refractivity contribution in [1.82, 2.24) is 5.32 Å². The number of ether oxygens (including phenoxy) is 1. The maximum absolute atomic E-state index is 12.5. The number of aliphatic hydroxyl groups is 2. The lowest BCUT2D eigenvalue weighted by Gasteiger charge is -2.22. The molecule has 2 unspecified atom stereocenters. The average molecular weight is 1060 g/mol. The summed E-state index contributed by atoms with van der Waals surface area (Å²) < 4.78 is 5.49. The topological polar surface area (TPSA) is 95.9 Å². The van der Waals surface area contributed by atoms with E-state index in [2.05, 4.69) is 43.5 Å². The molecule has 0 heterocycles. The van der Waals surface area contributed by atoms with E-state index in [9.17, 15) is 19.8 Å². The van der Waals surface area contributed by atoms with Gasteiger partial charge in [-0.3, -0.25) is 9.59 Å². The van der Waals surface area contributed by atoms with Gasteiger partial charge in [-0.05, 0) is 57.8 Å². The maximum atomic E-state index is 12.5. The van der Waals surface area contributed by atoms with Crippen LogP contribution in [-0.4, -0.2) is 47.4 Å². The fourth-order valence-corrected chi connectivity index (χ4v) is 10.8. The third-order valence-corrected chi connectivity index (χ3v) is 16.0. The minimum atomic E-state index is -0.671. The van der Waals surface area contributed by atoms with Gasteiger partial charge < -0.3 is 20.3 Å². The first-order valence-corrected chi connectivity index (χ1v) is 34.1. The lowest BCUT2D eigenvalue weighted by molar-refractivity contribution is -0.143. The van der Waals surface area contributed by atoms with Gasteiger partial charge in [-0.1, -0.05) is 334 Å². The van der Waals surface area contributed by atoms with Crippen LogP contribution in [0.3, 0.4) is 0 Å². The first-order chi connectivity index (χ1) is 37.0. The average Bonchev–Trinajstić information content (AvgIpc) is 3.41. The Morgan fingerprint density at radius 3 is 1.04 bits per heavy atom. The first kappa shape index (κ1) is 73.3. The molecule has 6 nitrogen and oxygen atoms in total. The van der Waals surface area contributed by atoms with Crippen molar-refractivity contribution in [2.45, 2.75) is 392 Å². The molecule has 0 spiro atoms. The van der Waals surface area contributed by atoms with Gasteiger partial charge in [0.05, 0.1) is 25.4 Å². The molecule has 6 heteroatoms. The number of nitrogens with one attached hydrogen (secondary N) is 1. The quantitative estimate of drug-likeness (QED) is 0.0320. The highest BCUT2D eigenvalue weighted by molar-refractivity contribution is 5.76. The minimum Gasteiger partial charge on any atom is -0.466 e. The molecule has 0 saturated carbocycles. The van der Waals surface area contributed by atoms with E-state index in [1.54, 1.807) is 0 Å². The van der Waals surface area contributed by atoms with E-state index in [4.69, 9.17) is 4.74 Å². The van der Waals surface area contributed by atoms with Crippen molar-refractivity contribution in [3.8, 4) is 0 Å². The fraction of sp³-hybridized carbons (Fsp3) is 0.913. The number of hydrogen-bond acceptors (Lipinski definition) is 5. The van der Waals surface area contributed by atoms with Crippen LogP contribution in [0.5, 0.6) is 0 Å². The zero-order chi connectivity index (χ0) is 54.3. The zero-order valence-corrected chi connectivity index (χ0v) is 50.8. The molecule has 0 aliphatic heterocycles. The Bertz CT molecular complexity index is 1170.